The Kier molecular flexibility index (Phi) is 4.40. The van der Waals surface area contributed by atoms with Crippen molar-refractivity contribution in [2.24, 2.45) is 5.41 Å². The molecule has 0 saturated carbocycles. The number of fused-ring (bicyclic) bond motifs is 1. The van der Waals surface area contributed by atoms with Crippen LogP contribution in [-0.2, 0) is 4.79 Å². The molecule has 2 N–H and O–H groups in total. The van der Waals surface area contributed by atoms with Crippen LogP contribution >= 0.6 is 0 Å². The molecule has 0 fully saturated rings. The summed E-state index contributed by atoms with van der Waals surface area (Å²) < 4.78 is 1.46. The van der Waals surface area contributed by atoms with Crippen molar-refractivity contribution in [1.29, 1.82) is 0 Å². The first-order valence-electron chi connectivity index (χ1n) is 10.4. The van der Waals surface area contributed by atoms with E-state index in [9.17, 15) is 19.7 Å². The number of ketones is 1. The second kappa shape index (κ2) is 7.05. The smallest absolute Gasteiger partial charge is 0.277 e. The van der Waals surface area contributed by atoms with E-state index in [-0.39, 0.29) is 22.4 Å². The number of allylic oxidation sites excluding steroid dienone is 2. The van der Waals surface area contributed by atoms with Crippen LogP contribution in [0, 0.1) is 15.5 Å². The number of nitro groups is 1. The van der Waals surface area contributed by atoms with E-state index in [4.69, 9.17) is 0 Å². The van der Waals surface area contributed by atoms with E-state index in [0.717, 1.165) is 5.70 Å². The first-order chi connectivity index (χ1) is 15.2. The van der Waals surface area contributed by atoms with Gasteiger partial charge in [0.2, 0.25) is 0 Å². The van der Waals surface area contributed by atoms with Crippen molar-refractivity contribution in [1.82, 2.24) is 9.78 Å². The molecule has 32 heavy (non-hydrogen) atoms. The van der Waals surface area contributed by atoms with Crippen molar-refractivity contribution in [2.75, 3.05) is 5.32 Å². The highest BCUT2D eigenvalue weighted by Gasteiger charge is 2.43. The van der Waals surface area contributed by atoms with Gasteiger partial charge in [0.1, 0.15) is 5.82 Å². The number of anilines is 1. The normalized spacial score (nSPS) is 19.2. The molecule has 1 atom stereocenters. The second-order valence-corrected chi connectivity index (χ2v) is 9.12. The predicted octanol–water partition coefficient (Wildman–Crippen LogP) is 4.27. The number of carbonyl (C=O) groups is 1. The van der Waals surface area contributed by atoms with Gasteiger partial charge in [-0.2, -0.15) is 0 Å². The average molecular weight is 430 g/mol. The fraction of sp³-hybridized carbons (Fsp3) is 0.250. The molecule has 2 heterocycles. The van der Waals surface area contributed by atoms with E-state index < -0.39 is 10.8 Å². The van der Waals surface area contributed by atoms with E-state index in [2.05, 4.69) is 10.4 Å². The number of hydrogen-bond donors (Lipinski definition) is 2. The molecule has 1 aliphatic carbocycles. The van der Waals surface area contributed by atoms with Gasteiger partial charge in [0.05, 0.1) is 16.2 Å². The maximum absolute atomic E-state index is 13.5. The average Bonchev–Trinajstić information content (AvgIpc) is 3.08. The van der Waals surface area contributed by atoms with Gasteiger partial charge in [0.15, 0.2) is 5.78 Å². The summed E-state index contributed by atoms with van der Waals surface area (Å²) in [5.74, 6) is -0.0598. The summed E-state index contributed by atoms with van der Waals surface area (Å²) in [5.41, 5.74) is 2.66. The lowest BCUT2D eigenvalue weighted by atomic mass is 9.69. The Morgan fingerprint density at radius 1 is 1.03 bits per heavy atom. The Labute approximate surface area is 183 Å². The Balaban J connectivity index is 1.73. The number of carbonyl (C=O) groups excluding carboxylic acids is 1. The Morgan fingerprint density at radius 3 is 2.38 bits per heavy atom. The number of aromatic nitrogens is 2. The van der Waals surface area contributed by atoms with Crippen molar-refractivity contribution >= 4 is 17.3 Å². The monoisotopic (exact) mass is 430 g/mol. The number of Topliss-reactive ketones (excluding diaryl/α,β-unsaturated/α-hetero) is 1. The van der Waals surface area contributed by atoms with Crippen LogP contribution in [0.4, 0.5) is 11.5 Å². The number of hydrogen-bond acceptors (Lipinski definition) is 5. The minimum absolute atomic E-state index is 0.00962. The van der Waals surface area contributed by atoms with Gasteiger partial charge in [-0.1, -0.05) is 44.2 Å². The first-order valence-corrected chi connectivity index (χ1v) is 10.4. The Bertz CT molecular complexity index is 1330. The lowest BCUT2D eigenvalue weighted by molar-refractivity contribution is -0.384. The van der Waals surface area contributed by atoms with Gasteiger partial charge in [-0.05, 0) is 29.5 Å². The maximum Gasteiger partial charge on any atom is 0.277 e. The van der Waals surface area contributed by atoms with E-state index in [1.165, 1.54) is 16.8 Å². The number of nitro benzene ring substituents is 1. The molecule has 5 rings (SSSR count). The molecule has 0 radical (unpaired) electrons. The standard InChI is InChI=1S/C24H22N4O4/c1-24(2)12-17-20(18(29)13-24)19(14-8-10-16(11-9-14)28(31)32)21-22(25-17)26-27(23(21)30)15-6-4-3-5-7-15/h3-11,19,25-26H,12-13H2,1-2H3. The topological polar surface area (TPSA) is 110 Å². The quantitative estimate of drug-likeness (QED) is 0.476. The Hall–Kier alpha value is -3.94. The lowest BCUT2D eigenvalue weighted by Gasteiger charge is -2.37. The van der Waals surface area contributed by atoms with Gasteiger partial charge in [-0.3, -0.25) is 24.8 Å². The number of H-pyrrole nitrogens is 1. The molecule has 2 aromatic carbocycles. The molecule has 2 aliphatic rings. The zero-order valence-corrected chi connectivity index (χ0v) is 17.7. The SMILES string of the molecule is CC1(C)CC(=O)C2=C(C1)Nc1[nH]n(-c3ccccc3)c(=O)c1C2c1ccc([N+](=O)[O-])cc1. The van der Waals surface area contributed by atoms with Crippen LogP contribution in [0.3, 0.4) is 0 Å². The molecule has 3 aromatic rings. The van der Waals surface area contributed by atoms with E-state index >= 15 is 0 Å². The van der Waals surface area contributed by atoms with Crippen molar-refractivity contribution in [3.63, 3.8) is 0 Å². The Morgan fingerprint density at radius 2 is 1.72 bits per heavy atom. The van der Waals surface area contributed by atoms with E-state index in [0.29, 0.717) is 41.0 Å². The zero-order chi connectivity index (χ0) is 22.6. The molecule has 0 spiro atoms. The molecule has 0 bridgehead atoms. The summed E-state index contributed by atoms with van der Waals surface area (Å²) in [4.78, 5) is 37.5. The lowest BCUT2D eigenvalue weighted by Crippen LogP contribution is -2.35. The fourth-order valence-electron chi connectivity index (χ4n) is 4.77. The summed E-state index contributed by atoms with van der Waals surface area (Å²) in [6.45, 7) is 4.09. The molecular weight excluding hydrogens is 408 g/mol. The highest BCUT2D eigenvalue weighted by molar-refractivity contribution is 6.01. The van der Waals surface area contributed by atoms with Crippen molar-refractivity contribution in [3.05, 3.63) is 97.5 Å². The minimum Gasteiger partial charge on any atom is -0.343 e. The summed E-state index contributed by atoms with van der Waals surface area (Å²) in [7, 11) is 0. The van der Waals surface area contributed by atoms with Crippen molar-refractivity contribution in [3.8, 4) is 5.69 Å². The van der Waals surface area contributed by atoms with Gasteiger partial charge in [0, 0.05) is 35.7 Å². The van der Waals surface area contributed by atoms with Crippen LogP contribution in [0.5, 0.6) is 0 Å². The molecule has 1 aromatic heterocycles. The van der Waals surface area contributed by atoms with Crippen LogP contribution in [-0.4, -0.2) is 20.5 Å². The van der Waals surface area contributed by atoms with Crippen molar-refractivity contribution in [2.45, 2.75) is 32.6 Å². The highest BCUT2D eigenvalue weighted by atomic mass is 16.6. The zero-order valence-electron chi connectivity index (χ0n) is 17.7. The molecule has 0 amide bonds. The van der Waals surface area contributed by atoms with Crippen LogP contribution in [0.1, 0.15) is 43.7 Å². The third kappa shape index (κ3) is 3.15. The number of para-hydroxylation sites is 1. The maximum atomic E-state index is 13.5. The summed E-state index contributed by atoms with van der Waals surface area (Å²) in [6, 6.07) is 15.3. The van der Waals surface area contributed by atoms with Gasteiger partial charge < -0.3 is 5.32 Å². The molecule has 8 nitrogen and oxygen atoms in total. The predicted molar refractivity (Wildman–Crippen MR) is 120 cm³/mol. The number of non-ortho nitro benzene ring substituents is 1. The fourth-order valence-corrected chi connectivity index (χ4v) is 4.77. The number of nitrogens with zero attached hydrogens (tertiary/aromatic N) is 2. The van der Waals surface area contributed by atoms with Gasteiger partial charge >= 0.3 is 0 Å². The highest BCUT2D eigenvalue weighted by Crippen LogP contribution is 2.47. The molecule has 0 saturated heterocycles. The van der Waals surface area contributed by atoms with Crippen LogP contribution in [0.25, 0.3) is 5.69 Å². The van der Waals surface area contributed by atoms with Gasteiger partial charge in [-0.15, -0.1) is 0 Å². The van der Waals surface area contributed by atoms with Gasteiger partial charge in [0.25, 0.3) is 11.2 Å². The van der Waals surface area contributed by atoms with E-state index in [1.54, 1.807) is 12.1 Å². The number of nitrogens with one attached hydrogen (secondary N) is 2. The molecule has 162 valence electrons. The largest absolute Gasteiger partial charge is 0.343 e. The number of aromatic amines is 1. The third-order valence-electron chi connectivity index (χ3n) is 6.15. The van der Waals surface area contributed by atoms with Crippen LogP contribution in [0.15, 0.2) is 70.7 Å². The minimum atomic E-state index is -0.598. The molecular formula is C24H22N4O4. The summed E-state index contributed by atoms with van der Waals surface area (Å²) in [5, 5.41) is 17.6. The number of benzene rings is 2. The third-order valence-corrected chi connectivity index (χ3v) is 6.15. The number of rotatable bonds is 3. The van der Waals surface area contributed by atoms with E-state index in [1.807, 2.05) is 44.2 Å². The van der Waals surface area contributed by atoms with Crippen LogP contribution < -0.4 is 10.9 Å². The summed E-state index contributed by atoms with van der Waals surface area (Å²) >= 11 is 0. The molecule has 1 aliphatic heterocycles. The second-order valence-electron chi connectivity index (χ2n) is 9.12. The van der Waals surface area contributed by atoms with Gasteiger partial charge in [-0.25, -0.2) is 4.68 Å². The summed E-state index contributed by atoms with van der Waals surface area (Å²) in [6.07, 6.45) is 1.04. The first kappa shape index (κ1) is 20.0. The van der Waals surface area contributed by atoms with Crippen molar-refractivity contribution < 1.29 is 9.72 Å². The molecule has 8 heteroatoms. The molecule has 1 unspecified atom stereocenters. The van der Waals surface area contributed by atoms with Crippen LogP contribution in [0.2, 0.25) is 0 Å².